The van der Waals surface area contributed by atoms with E-state index in [4.69, 9.17) is 16.1 Å². The summed E-state index contributed by atoms with van der Waals surface area (Å²) in [6, 6.07) is 4.50. The molecule has 1 saturated heterocycles. The lowest BCUT2D eigenvalue weighted by molar-refractivity contribution is 0.0617. The third-order valence-electron chi connectivity index (χ3n) is 6.54. The number of nitrogens with zero attached hydrogens (tertiary/aromatic N) is 3. The zero-order valence-electron chi connectivity index (χ0n) is 17.9. The van der Waals surface area contributed by atoms with Crippen molar-refractivity contribution in [2.45, 2.75) is 46.6 Å². The Hall–Kier alpha value is -1.92. The zero-order valence-corrected chi connectivity index (χ0v) is 18.6. The Bertz CT molecular complexity index is 929. The highest BCUT2D eigenvalue weighted by molar-refractivity contribution is 6.31. The number of aromatic nitrogens is 1. The normalized spacial score (nSPS) is 20.3. The predicted molar refractivity (Wildman–Crippen MR) is 114 cm³/mol. The Morgan fingerprint density at radius 2 is 2.00 bits per heavy atom. The average molecular weight is 434 g/mol. The van der Waals surface area contributed by atoms with Crippen LogP contribution in [0.25, 0.3) is 0 Å². The number of halogens is 2. The first-order valence-electron chi connectivity index (χ1n) is 10.7. The molecule has 1 fully saturated rings. The number of carbonyl (C=O) groups is 1. The van der Waals surface area contributed by atoms with Gasteiger partial charge in [0.2, 0.25) is 0 Å². The monoisotopic (exact) mass is 433 g/mol. The van der Waals surface area contributed by atoms with Gasteiger partial charge in [-0.15, -0.1) is 0 Å². The summed E-state index contributed by atoms with van der Waals surface area (Å²) in [7, 11) is 0. The van der Waals surface area contributed by atoms with Gasteiger partial charge < -0.3 is 9.42 Å². The van der Waals surface area contributed by atoms with Crippen molar-refractivity contribution in [1.29, 1.82) is 0 Å². The van der Waals surface area contributed by atoms with E-state index in [1.165, 1.54) is 12.1 Å². The van der Waals surface area contributed by atoms with Crippen LogP contribution in [0.4, 0.5) is 4.39 Å². The highest BCUT2D eigenvalue weighted by Gasteiger charge is 2.35. The smallest absolute Gasteiger partial charge is 0.276 e. The van der Waals surface area contributed by atoms with E-state index in [1.54, 1.807) is 6.07 Å². The van der Waals surface area contributed by atoms with E-state index in [-0.39, 0.29) is 17.1 Å². The number of hydrogen-bond donors (Lipinski definition) is 0. The maximum atomic E-state index is 13.3. The summed E-state index contributed by atoms with van der Waals surface area (Å²) < 4.78 is 18.8. The summed E-state index contributed by atoms with van der Waals surface area (Å²) in [5.74, 6) is 1.04. The molecule has 5 nitrogen and oxygen atoms in total. The Morgan fingerprint density at radius 3 is 2.67 bits per heavy atom. The maximum absolute atomic E-state index is 13.3. The molecule has 1 atom stereocenters. The van der Waals surface area contributed by atoms with Crippen LogP contribution in [0.15, 0.2) is 22.7 Å². The number of amides is 1. The number of fused-ring (bicyclic) bond motifs is 1. The van der Waals surface area contributed by atoms with Gasteiger partial charge in [0, 0.05) is 49.7 Å². The minimum atomic E-state index is -0.330. The molecule has 30 heavy (non-hydrogen) atoms. The first-order chi connectivity index (χ1) is 14.2. The third-order valence-corrected chi connectivity index (χ3v) is 6.89. The van der Waals surface area contributed by atoms with Crippen LogP contribution in [0.2, 0.25) is 5.02 Å². The van der Waals surface area contributed by atoms with Crippen molar-refractivity contribution in [2.75, 3.05) is 26.2 Å². The molecular formula is C23H29ClFN3O2. The van der Waals surface area contributed by atoms with Crippen LogP contribution in [-0.4, -0.2) is 47.0 Å². The van der Waals surface area contributed by atoms with Crippen molar-refractivity contribution in [2.24, 2.45) is 11.3 Å². The molecule has 2 aromatic rings. The lowest BCUT2D eigenvalue weighted by Gasteiger charge is -2.35. The van der Waals surface area contributed by atoms with Crippen LogP contribution < -0.4 is 0 Å². The standard InChI is InChI=1S/C23H29ClFN3O2/c1-23(2,3)16-5-7-20-18(12-16)21(26-30-20)22(29)28-10-8-27(9-11-28)14-15-4-6-17(25)13-19(15)24/h4,6,13,16H,5,7-12,14H2,1-3H3. The highest BCUT2D eigenvalue weighted by Crippen LogP contribution is 2.38. The Morgan fingerprint density at radius 1 is 1.27 bits per heavy atom. The zero-order chi connectivity index (χ0) is 21.5. The number of benzene rings is 1. The number of aryl methyl sites for hydroxylation is 1. The molecule has 1 aliphatic carbocycles. The molecular weight excluding hydrogens is 405 g/mol. The second-order valence-corrected chi connectivity index (χ2v) is 9.95. The molecule has 4 rings (SSSR count). The molecule has 0 radical (unpaired) electrons. The molecule has 2 aliphatic rings. The van der Waals surface area contributed by atoms with E-state index in [0.29, 0.717) is 36.3 Å². The summed E-state index contributed by atoms with van der Waals surface area (Å²) in [4.78, 5) is 17.3. The summed E-state index contributed by atoms with van der Waals surface area (Å²) in [6.45, 7) is 10.1. The molecule has 1 aliphatic heterocycles. The van der Waals surface area contributed by atoms with Gasteiger partial charge in [-0.3, -0.25) is 9.69 Å². The van der Waals surface area contributed by atoms with E-state index in [1.807, 2.05) is 4.90 Å². The van der Waals surface area contributed by atoms with Gasteiger partial charge in [0.05, 0.1) is 0 Å². The van der Waals surface area contributed by atoms with Gasteiger partial charge in [0.15, 0.2) is 5.69 Å². The summed E-state index contributed by atoms with van der Waals surface area (Å²) in [6.07, 6.45) is 2.78. The van der Waals surface area contributed by atoms with Crippen molar-refractivity contribution >= 4 is 17.5 Å². The predicted octanol–water partition coefficient (Wildman–Crippen LogP) is 4.58. The summed E-state index contributed by atoms with van der Waals surface area (Å²) in [5.41, 5.74) is 2.60. The second-order valence-electron chi connectivity index (χ2n) is 9.54. The van der Waals surface area contributed by atoms with Crippen molar-refractivity contribution in [3.8, 4) is 0 Å². The van der Waals surface area contributed by atoms with Crippen molar-refractivity contribution in [3.63, 3.8) is 0 Å². The minimum Gasteiger partial charge on any atom is -0.360 e. The van der Waals surface area contributed by atoms with Gasteiger partial charge in [-0.25, -0.2) is 4.39 Å². The molecule has 7 heteroatoms. The van der Waals surface area contributed by atoms with E-state index in [0.717, 1.165) is 49.2 Å². The van der Waals surface area contributed by atoms with Crippen LogP contribution in [-0.2, 0) is 19.4 Å². The van der Waals surface area contributed by atoms with Gasteiger partial charge in [0.25, 0.3) is 5.91 Å². The Labute approximate surface area is 182 Å². The summed E-state index contributed by atoms with van der Waals surface area (Å²) >= 11 is 6.16. The SMILES string of the molecule is CC(C)(C)C1CCc2onc(C(=O)N3CCN(Cc4ccc(F)cc4Cl)CC3)c2C1. The van der Waals surface area contributed by atoms with E-state index >= 15 is 0 Å². The average Bonchev–Trinajstić information content (AvgIpc) is 3.13. The third kappa shape index (κ3) is 4.40. The van der Waals surface area contributed by atoms with E-state index < -0.39 is 0 Å². The van der Waals surface area contributed by atoms with Gasteiger partial charge in [-0.05, 0) is 41.9 Å². The first kappa shape index (κ1) is 21.3. The second kappa shape index (κ2) is 8.31. The van der Waals surface area contributed by atoms with Crippen molar-refractivity contribution in [1.82, 2.24) is 15.0 Å². The molecule has 1 unspecified atom stereocenters. The molecule has 2 heterocycles. The molecule has 0 bridgehead atoms. The Balaban J connectivity index is 1.39. The highest BCUT2D eigenvalue weighted by atomic mass is 35.5. The maximum Gasteiger partial charge on any atom is 0.276 e. The fourth-order valence-corrected chi connectivity index (χ4v) is 4.69. The van der Waals surface area contributed by atoms with Gasteiger partial charge >= 0.3 is 0 Å². The lowest BCUT2D eigenvalue weighted by atomic mass is 9.71. The van der Waals surface area contributed by atoms with Gasteiger partial charge in [-0.1, -0.05) is 43.6 Å². The molecule has 0 spiro atoms. The molecule has 0 saturated carbocycles. The minimum absolute atomic E-state index is 0.0333. The number of rotatable bonds is 3. The largest absolute Gasteiger partial charge is 0.360 e. The van der Waals surface area contributed by atoms with Crippen molar-refractivity contribution in [3.05, 3.63) is 51.6 Å². The number of carbonyl (C=O) groups excluding carboxylic acids is 1. The van der Waals surface area contributed by atoms with E-state index in [2.05, 4.69) is 30.8 Å². The van der Waals surface area contributed by atoms with Crippen LogP contribution in [0.3, 0.4) is 0 Å². The quantitative estimate of drug-likeness (QED) is 0.711. The van der Waals surface area contributed by atoms with E-state index in [9.17, 15) is 9.18 Å². The van der Waals surface area contributed by atoms with Crippen molar-refractivity contribution < 1.29 is 13.7 Å². The van der Waals surface area contributed by atoms with Crippen LogP contribution >= 0.6 is 11.6 Å². The van der Waals surface area contributed by atoms with Gasteiger partial charge in [-0.2, -0.15) is 0 Å². The lowest BCUT2D eigenvalue weighted by Crippen LogP contribution is -2.48. The summed E-state index contributed by atoms with van der Waals surface area (Å²) in [5, 5.41) is 4.60. The number of piperazine rings is 1. The first-order valence-corrected chi connectivity index (χ1v) is 11.0. The molecule has 162 valence electrons. The molecule has 1 aromatic carbocycles. The fourth-order valence-electron chi connectivity index (χ4n) is 4.46. The topological polar surface area (TPSA) is 49.6 Å². The number of hydrogen-bond acceptors (Lipinski definition) is 4. The molecule has 1 aromatic heterocycles. The fraction of sp³-hybridized carbons (Fsp3) is 0.565. The van der Waals surface area contributed by atoms with Gasteiger partial charge in [0.1, 0.15) is 11.6 Å². The van der Waals surface area contributed by atoms with Crippen LogP contribution in [0, 0.1) is 17.2 Å². The Kier molecular flexibility index (Phi) is 5.90. The van der Waals surface area contributed by atoms with Crippen LogP contribution in [0.5, 0.6) is 0 Å². The molecule has 0 N–H and O–H groups in total. The molecule has 1 amide bonds. The van der Waals surface area contributed by atoms with Crippen LogP contribution in [0.1, 0.15) is 54.6 Å².